The second-order valence-corrected chi connectivity index (χ2v) is 6.80. The van der Waals surface area contributed by atoms with Gasteiger partial charge in [-0.05, 0) is 35.7 Å². The van der Waals surface area contributed by atoms with Crippen LogP contribution < -0.4 is 0 Å². The minimum Gasteiger partial charge on any atom is -0.236 e. The monoisotopic (exact) mass is 327 g/mol. The van der Waals surface area contributed by atoms with Crippen molar-refractivity contribution >= 4 is 33.7 Å². The van der Waals surface area contributed by atoms with Crippen LogP contribution in [-0.2, 0) is 0 Å². The van der Waals surface area contributed by atoms with Crippen LogP contribution in [0.5, 0.6) is 0 Å². The molecule has 4 rings (SSSR count). The maximum atomic E-state index is 4.82. The highest BCUT2D eigenvalue weighted by molar-refractivity contribution is 7.21. The van der Waals surface area contributed by atoms with Crippen molar-refractivity contribution in [2.45, 2.75) is 6.92 Å². The topological polar surface area (TPSA) is 12.9 Å². The third-order valence-electron chi connectivity index (χ3n) is 4.09. The average Bonchev–Trinajstić information content (AvgIpc) is 3.05. The molecule has 1 aromatic heterocycles. The van der Waals surface area contributed by atoms with Gasteiger partial charge in [-0.2, -0.15) is 0 Å². The van der Waals surface area contributed by atoms with E-state index in [1.807, 2.05) is 12.1 Å². The van der Waals surface area contributed by atoms with Gasteiger partial charge in [0.05, 0.1) is 10.2 Å². The molecule has 0 radical (unpaired) electrons. The highest BCUT2D eigenvalue weighted by Gasteiger charge is 2.10. The molecule has 0 saturated heterocycles. The lowest BCUT2D eigenvalue weighted by atomic mass is 10.0. The summed E-state index contributed by atoms with van der Waals surface area (Å²) in [5, 5.41) is 1.08. The van der Waals surface area contributed by atoms with E-state index < -0.39 is 0 Å². The summed E-state index contributed by atoms with van der Waals surface area (Å²) < 4.78 is 1.23. The fourth-order valence-electron chi connectivity index (χ4n) is 2.82. The highest BCUT2D eigenvalue weighted by atomic mass is 32.1. The van der Waals surface area contributed by atoms with Crippen LogP contribution in [0.2, 0.25) is 0 Å². The molecule has 0 atom stereocenters. The molecule has 4 aromatic rings. The molecule has 0 N–H and O–H groups in total. The summed E-state index contributed by atoms with van der Waals surface area (Å²) in [4.78, 5) is 4.82. The van der Waals surface area contributed by atoms with Gasteiger partial charge in [-0.25, -0.2) is 4.98 Å². The molecule has 0 saturated carbocycles. The fourth-order valence-corrected chi connectivity index (χ4v) is 3.82. The molecule has 0 unspecified atom stereocenters. The number of nitrogens with zero attached hydrogens (tertiary/aromatic N) is 1. The Balaban J connectivity index is 1.81. The van der Waals surface area contributed by atoms with Crippen LogP contribution in [0.15, 0.2) is 72.8 Å². The SMILES string of the molecule is Cc1cccc(-c2nc3ccccc3s2)c1C=Cc1ccccc1. The fraction of sp³-hybridized carbons (Fsp3) is 0.0455. The van der Waals surface area contributed by atoms with E-state index in [0.29, 0.717) is 0 Å². The molecule has 0 bridgehead atoms. The zero-order valence-electron chi connectivity index (χ0n) is 13.4. The van der Waals surface area contributed by atoms with Crippen molar-refractivity contribution in [3.05, 3.63) is 89.5 Å². The van der Waals surface area contributed by atoms with Crippen molar-refractivity contribution in [1.29, 1.82) is 0 Å². The molecule has 116 valence electrons. The Morgan fingerprint density at radius 3 is 2.42 bits per heavy atom. The Labute approximate surface area is 145 Å². The van der Waals surface area contributed by atoms with Crippen LogP contribution in [0.25, 0.3) is 32.9 Å². The van der Waals surface area contributed by atoms with Gasteiger partial charge >= 0.3 is 0 Å². The first-order valence-electron chi connectivity index (χ1n) is 8.00. The van der Waals surface area contributed by atoms with E-state index in [-0.39, 0.29) is 0 Å². The number of benzene rings is 3. The summed E-state index contributed by atoms with van der Waals surface area (Å²) in [5.41, 5.74) is 5.97. The van der Waals surface area contributed by atoms with Crippen LogP contribution in [-0.4, -0.2) is 4.98 Å². The van der Waals surface area contributed by atoms with Crippen molar-refractivity contribution < 1.29 is 0 Å². The Morgan fingerprint density at radius 1 is 0.792 bits per heavy atom. The largest absolute Gasteiger partial charge is 0.236 e. The lowest BCUT2D eigenvalue weighted by molar-refractivity contribution is 1.41. The molecule has 24 heavy (non-hydrogen) atoms. The normalized spacial score (nSPS) is 11.4. The third-order valence-corrected chi connectivity index (χ3v) is 5.16. The summed E-state index contributed by atoms with van der Waals surface area (Å²) in [7, 11) is 0. The zero-order valence-corrected chi connectivity index (χ0v) is 14.3. The molecule has 1 heterocycles. The Morgan fingerprint density at radius 2 is 1.58 bits per heavy atom. The van der Waals surface area contributed by atoms with E-state index in [1.54, 1.807) is 11.3 Å². The van der Waals surface area contributed by atoms with Crippen LogP contribution in [0.1, 0.15) is 16.7 Å². The minimum absolute atomic E-state index is 1.07. The zero-order chi connectivity index (χ0) is 16.4. The standard InChI is InChI=1S/C22H17NS/c1-16-8-7-11-19(18(16)15-14-17-9-3-2-4-10-17)22-23-20-12-5-6-13-21(20)24-22/h2-15H,1H3. The summed E-state index contributed by atoms with van der Waals surface area (Å²) in [6, 6.07) is 25.1. The van der Waals surface area contributed by atoms with Gasteiger partial charge in [0.25, 0.3) is 0 Å². The van der Waals surface area contributed by atoms with Crippen LogP contribution in [0, 0.1) is 6.92 Å². The lowest BCUT2D eigenvalue weighted by Gasteiger charge is -2.06. The summed E-state index contributed by atoms with van der Waals surface area (Å²) in [6.45, 7) is 2.15. The van der Waals surface area contributed by atoms with Crippen LogP contribution in [0.3, 0.4) is 0 Å². The summed E-state index contributed by atoms with van der Waals surface area (Å²) >= 11 is 1.75. The third kappa shape index (κ3) is 2.89. The van der Waals surface area contributed by atoms with Gasteiger partial charge in [0.1, 0.15) is 5.01 Å². The number of aryl methyl sites for hydroxylation is 1. The molecule has 0 aliphatic rings. The number of thiazole rings is 1. The van der Waals surface area contributed by atoms with Gasteiger partial charge in [0.2, 0.25) is 0 Å². The van der Waals surface area contributed by atoms with E-state index in [0.717, 1.165) is 10.5 Å². The van der Waals surface area contributed by atoms with Gasteiger partial charge in [-0.3, -0.25) is 0 Å². The number of hydrogen-bond acceptors (Lipinski definition) is 2. The second-order valence-electron chi connectivity index (χ2n) is 5.77. The van der Waals surface area contributed by atoms with Crippen LogP contribution in [0.4, 0.5) is 0 Å². The lowest BCUT2D eigenvalue weighted by Crippen LogP contribution is -1.86. The second kappa shape index (κ2) is 6.42. The van der Waals surface area contributed by atoms with Crippen molar-refractivity contribution in [2.75, 3.05) is 0 Å². The summed E-state index contributed by atoms with van der Waals surface area (Å²) in [5.74, 6) is 0. The number of hydrogen-bond donors (Lipinski definition) is 0. The summed E-state index contributed by atoms with van der Waals surface area (Å²) in [6.07, 6.45) is 4.37. The maximum Gasteiger partial charge on any atom is 0.125 e. The van der Waals surface area contributed by atoms with Gasteiger partial charge in [-0.1, -0.05) is 72.8 Å². The molecule has 3 aromatic carbocycles. The predicted molar refractivity (Wildman–Crippen MR) is 105 cm³/mol. The average molecular weight is 327 g/mol. The first-order valence-corrected chi connectivity index (χ1v) is 8.81. The minimum atomic E-state index is 1.07. The van der Waals surface area contributed by atoms with Crippen LogP contribution >= 0.6 is 11.3 Å². The molecular weight excluding hydrogens is 310 g/mol. The number of rotatable bonds is 3. The molecule has 0 aliphatic heterocycles. The molecule has 1 nitrogen and oxygen atoms in total. The first kappa shape index (κ1) is 14.9. The van der Waals surface area contributed by atoms with Crippen molar-refractivity contribution in [1.82, 2.24) is 4.98 Å². The first-order chi connectivity index (χ1) is 11.8. The van der Waals surface area contributed by atoms with Gasteiger partial charge in [-0.15, -0.1) is 11.3 Å². The number of aromatic nitrogens is 1. The highest BCUT2D eigenvalue weighted by Crippen LogP contribution is 2.34. The Hall–Kier alpha value is -2.71. The smallest absolute Gasteiger partial charge is 0.125 e. The van der Waals surface area contributed by atoms with Gasteiger partial charge < -0.3 is 0 Å². The number of fused-ring (bicyclic) bond motifs is 1. The van der Waals surface area contributed by atoms with E-state index >= 15 is 0 Å². The number of para-hydroxylation sites is 1. The van der Waals surface area contributed by atoms with Gasteiger partial charge in [0, 0.05) is 5.56 Å². The Bertz CT molecular complexity index is 980. The van der Waals surface area contributed by atoms with Crippen molar-refractivity contribution in [3.63, 3.8) is 0 Å². The molecule has 0 spiro atoms. The van der Waals surface area contributed by atoms with Crippen molar-refractivity contribution in [3.8, 4) is 10.6 Å². The van der Waals surface area contributed by atoms with Crippen molar-refractivity contribution in [2.24, 2.45) is 0 Å². The van der Waals surface area contributed by atoms with E-state index in [2.05, 4.69) is 79.7 Å². The molecule has 0 aliphatic carbocycles. The molecule has 0 amide bonds. The Kier molecular flexibility index (Phi) is 3.97. The maximum absolute atomic E-state index is 4.82. The quantitative estimate of drug-likeness (QED) is 0.394. The van der Waals surface area contributed by atoms with E-state index in [9.17, 15) is 0 Å². The molecule has 0 fully saturated rings. The molecular formula is C22H17NS. The van der Waals surface area contributed by atoms with E-state index in [1.165, 1.54) is 27.0 Å². The predicted octanol–water partition coefficient (Wildman–Crippen LogP) is 6.44. The van der Waals surface area contributed by atoms with Gasteiger partial charge in [0.15, 0.2) is 0 Å². The molecule has 2 heteroatoms. The van der Waals surface area contributed by atoms with E-state index in [4.69, 9.17) is 4.98 Å².